The zero-order chi connectivity index (χ0) is 24.0. The summed E-state index contributed by atoms with van der Waals surface area (Å²) in [5, 5.41) is 0. The Hall–Kier alpha value is -2.01. The lowest BCUT2D eigenvalue weighted by Gasteiger charge is -2.54. The van der Waals surface area contributed by atoms with Gasteiger partial charge < -0.3 is 18.8 Å². The number of carbonyl (C=O) groups is 4. The third kappa shape index (κ3) is 3.33. The smallest absolute Gasteiger partial charge is 0.312 e. The molecule has 0 aromatic rings. The highest BCUT2D eigenvalue weighted by Crippen LogP contribution is 2.62. The lowest BCUT2D eigenvalue weighted by atomic mass is 9.49. The molecule has 1 saturated heterocycles. The van der Waals surface area contributed by atoms with Gasteiger partial charge in [0.25, 0.3) is 0 Å². The molecule has 186 valence electrons. The van der Waals surface area contributed by atoms with E-state index in [1.807, 2.05) is 0 Å². The maximum absolute atomic E-state index is 13.5. The van der Waals surface area contributed by atoms with Gasteiger partial charge in [0.15, 0.2) is 0 Å². The van der Waals surface area contributed by atoms with E-state index in [0.717, 1.165) is 12.8 Å². The molecule has 10 nitrogen and oxygen atoms in total. The molecule has 0 aromatic heterocycles. The standard InChI is InChI=1S/C23H28O10S/c24-17-11-4-10-5-12(17)9-23(7-10,8-11)22(27)33-19-13-6-14-16(21(26)32-18(14)19)15(13)20(25)31-2-1-3-34(28,29)30/h10-16,18-19H,1-9H2,(H,28,29,30)/p-1. The van der Waals surface area contributed by atoms with Gasteiger partial charge in [-0.3, -0.25) is 19.2 Å². The number of rotatable bonds is 7. The molecule has 8 atom stereocenters. The number of hydrogen-bond donors (Lipinski definition) is 0. The first-order chi connectivity index (χ1) is 16.1. The average molecular weight is 496 g/mol. The van der Waals surface area contributed by atoms with Gasteiger partial charge in [0.2, 0.25) is 0 Å². The fraction of sp³-hybridized carbons (Fsp3) is 0.826. The Balaban J connectivity index is 1.16. The summed E-state index contributed by atoms with van der Waals surface area (Å²) in [5.41, 5.74) is -0.673. The Morgan fingerprint density at radius 2 is 1.76 bits per heavy atom. The Morgan fingerprint density at radius 1 is 1.06 bits per heavy atom. The van der Waals surface area contributed by atoms with Crippen molar-refractivity contribution < 1.29 is 46.4 Å². The second kappa shape index (κ2) is 7.49. The Bertz CT molecular complexity index is 1050. The Kier molecular flexibility index (Phi) is 4.95. The molecule has 0 radical (unpaired) electrons. The Morgan fingerprint density at radius 3 is 2.44 bits per heavy atom. The number of ketones is 1. The van der Waals surface area contributed by atoms with Crippen molar-refractivity contribution in [1.82, 2.24) is 0 Å². The summed E-state index contributed by atoms with van der Waals surface area (Å²) in [6.07, 6.45) is 2.52. The lowest BCUT2D eigenvalue weighted by Crippen LogP contribution is -2.56. The van der Waals surface area contributed by atoms with Gasteiger partial charge in [-0.1, -0.05) is 0 Å². The number of ether oxygens (including phenoxy) is 3. The van der Waals surface area contributed by atoms with Gasteiger partial charge in [-0.2, -0.15) is 0 Å². The summed E-state index contributed by atoms with van der Waals surface area (Å²) in [6, 6.07) is 0. The molecule has 7 aliphatic rings. The van der Waals surface area contributed by atoms with E-state index < -0.39 is 63.2 Å². The maximum Gasteiger partial charge on any atom is 0.312 e. The number of esters is 3. The van der Waals surface area contributed by atoms with Crippen molar-refractivity contribution in [2.45, 2.75) is 57.2 Å². The lowest BCUT2D eigenvalue weighted by molar-refractivity contribution is -0.188. The van der Waals surface area contributed by atoms with Gasteiger partial charge in [0.1, 0.15) is 18.0 Å². The van der Waals surface area contributed by atoms with Crippen LogP contribution in [0.25, 0.3) is 0 Å². The molecule has 6 aliphatic carbocycles. The van der Waals surface area contributed by atoms with E-state index in [1.165, 1.54) is 0 Å². The van der Waals surface area contributed by atoms with E-state index in [4.69, 9.17) is 14.2 Å². The molecule has 7 fully saturated rings. The fourth-order valence-electron chi connectivity index (χ4n) is 8.22. The normalized spacial score (nSPS) is 45.5. The fourth-order valence-corrected chi connectivity index (χ4v) is 8.69. The molecule has 6 bridgehead atoms. The van der Waals surface area contributed by atoms with Crippen LogP contribution < -0.4 is 0 Å². The van der Waals surface area contributed by atoms with Crippen molar-refractivity contribution in [3.8, 4) is 0 Å². The van der Waals surface area contributed by atoms with Crippen LogP contribution in [-0.2, 0) is 43.5 Å². The third-order valence-electron chi connectivity index (χ3n) is 9.27. The second-order valence-corrected chi connectivity index (χ2v) is 12.7. The van der Waals surface area contributed by atoms with E-state index in [-0.39, 0.29) is 42.5 Å². The van der Waals surface area contributed by atoms with E-state index in [9.17, 15) is 32.1 Å². The van der Waals surface area contributed by atoms with Crippen molar-refractivity contribution in [3.63, 3.8) is 0 Å². The number of hydrogen-bond acceptors (Lipinski definition) is 10. The van der Waals surface area contributed by atoms with E-state index in [0.29, 0.717) is 31.6 Å². The predicted octanol–water partition coefficient (Wildman–Crippen LogP) is 0.580. The second-order valence-electron chi connectivity index (χ2n) is 11.2. The summed E-state index contributed by atoms with van der Waals surface area (Å²) >= 11 is 0. The molecular formula is C23H27O10S-. The number of Topliss-reactive ketones (excluding diaryl/α,β-unsaturated/α-hetero) is 1. The highest BCUT2D eigenvalue weighted by molar-refractivity contribution is 7.85. The van der Waals surface area contributed by atoms with Crippen LogP contribution in [0.1, 0.15) is 44.9 Å². The summed E-state index contributed by atoms with van der Waals surface area (Å²) in [4.78, 5) is 51.4. The molecule has 1 heterocycles. The molecule has 0 amide bonds. The van der Waals surface area contributed by atoms with Gasteiger partial charge >= 0.3 is 17.9 Å². The van der Waals surface area contributed by atoms with Gasteiger partial charge in [0, 0.05) is 29.4 Å². The minimum Gasteiger partial charge on any atom is -0.748 e. The van der Waals surface area contributed by atoms with Crippen molar-refractivity contribution in [2.24, 2.45) is 46.8 Å². The molecule has 7 rings (SSSR count). The van der Waals surface area contributed by atoms with Crippen LogP contribution in [0, 0.1) is 46.8 Å². The zero-order valence-corrected chi connectivity index (χ0v) is 19.4. The van der Waals surface area contributed by atoms with Crippen molar-refractivity contribution in [2.75, 3.05) is 12.4 Å². The minimum atomic E-state index is -4.41. The SMILES string of the molecule is O=C1C2CC3CC1CC(C(=O)OC1C4CC5C1OC(=O)C5C4C(=O)OCCCS(=O)(=O)[O-])(C3)C2. The molecule has 1 aliphatic heterocycles. The molecule has 0 aromatic carbocycles. The van der Waals surface area contributed by atoms with Gasteiger partial charge in [0.05, 0.1) is 34.0 Å². The van der Waals surface area contributed by atoms with E-state index in [1.54, 1.807) is 0 Å². The molecule has 11 heteroatoms. The summed E-state index contributed by atoms with van der Waals surface area (Å²) in [6.45, 7) is -0.245. The van der Waals surface area contributed by atoms with Crippen LogP contribution in [0.15, 0.2) is 0 Å². The highest BCUT2D eigenvalue weighted by atomic mass is 32.2. The highest BCUT2D eigenvalue weighted by Gasteiger charge is 2.71. The quantitative estimate of drug-likeness (QED) is 0.212. The van der Waals surface area contributed by atoms with Crippen molar-refractivity contribution in [1.29, 1.82) is 0 Å². The van der Waals surface area contributed by atoms with E-state index in [2.05, 4.69) is 0 Å². The molecule has 0 spiro atoms. The molecular weight excluding hydrogens is 468 g/mol. The average Bonchev–Trinajstić information content (AvgIpc) is 3.37. The maximum atomic E-state index is 13.5. The molecule has 34 heavy (non-hydrogen) atoms. The summed E-state index contributed by atoms with van der Waals surface area (Å²) < 4.78 is 49.0. The van der Waals surface area contributed by atoms with Crippen LogP contribution in [0.3, 0.4) is 0 Å². The topological polar surface area (TPSA) is 153 Å². The van der Waals surface area contributed by atoms with E-state index >= 15 is 0 Å². The van der Waals surface area contributed by atoms with Gasteiger partial charge in [-0.25, -0.2) is 8.42 Å². The van der Waals surface area contributed by atoms with Gasteiger partial charge in [-0.15, -0.1) is 0 Å². The van der Waals surface area contributed by atoms with Crippen molar-refractivity contribution >= 4 is 33.8 Å². The van der Waals surface area contributed by atoms with Gasteiger partial charge in [-0.05, 0) is 50.9 Å². The van der Waals surface area contributed by atoms with Crippen LogP contribution in [-0.4, -0.2) is 61.2 Å². The first-order valence-corrected chi connectivity index (χ1v) is 13.7. The molecule has 8 unspecified atom stereocenters. The first kappa shape index (κ1) is 22.5. The van der Waals surface area contributed by atoms with Crippen LogP contribution in [0.5, 0.6) is 0 Å². The Labute approximate surface area is 196 Å². The zero-order valence-electron chi connectivity index (χ0n) is 18.6. The minimum absolute atomic E-state index is 0.0758. The van der Waals surface area contributed by atoms with Crippen LogP contribution >= 0.6 is 0 Å². The summed E-state index contributed by atoms with van der Waals surface area (Å²) in [7, 11) is -4.41. The molecule has 6 saturated carbocycles. The van der Waals surface area contributed by atoms with Crippen LogP contribution in [0.2, 0.25) is 0 Å². The predicted molar refractivity (Wildman–Crippen MR) is 109 cm³/mol. The monoisotopic (exact) mass is 495 g/mol. The third-order valence-corrected chi connectivity index (χ3v) is 10.1. The van der Waals surface area contributed by atoms with Crippen molar-refractivity contribution in [3.05, 3.63) is 0 Å². The number of fused-ring (bicyclic) bond motifs is 1. The largest absolute Gasteiger partial charge is 0.748 e. The molecule has 0 N–H and O–H groups in total. The summed E-state index contributed by atoms with van der Waals surface area (Å²) in [5.74, 6) is -3.77. The van der Waals surface area contributed by atoms with Crippen LogP contribution in [0.4, 0.5) is 0 Å². The number of carbonyl (C=O) groups excluding carboxylic acids is 4. The first-order valence-electron chi connectivity index (χ1n) is 12.1.